The van der Waals surface area contributed by atoms with Gasteiger partial charge in [-0.3, -0.25) is 0 Å². The maximum atomic E-state index is 10.9. The quantitative estimate of drug-likeness (QED) is 0.824. The van der Waals surface area contributed by atoms with E-state index in [4.69, 9.17) is 5.11 Å². The highest BCUT2D eigenvalue weighted by molar-refractivity contribution is 5.86. The van der Waals surface area contributed by atoms with Crippen molar-refractivity contribution in [3.05, 3.63) is 24.0 Å². The number of piperidine rings is 1. The lowest BCUT2D eigenvalue weighted by molar-refractivity contribution is 0.0690. The molecule has 18 heavy (non-hydrogen) atoms. The Morgan fingerprint density at radius 2 is 2.00 bits per heavy atom. The van der Waals surface area contributed by atoms with Crippen LogP contribution in [0, 0.1) is 0 Å². The maximum absolute atomic E-state index is 10.9. The van der Waals surface area contributed by atoms with Crippen LogP contribution in [-0.4, -0.2) is 39.4 Å². The summed E-state index contributed by atoms with van der Waals surface area (Å²) in [5, 5.41) is 18.7. The Morgan fingerprint density at radius 1 is 1.33 bits per heavy atom. The van der Waals surface area contributed by atoms with Crippen molar-refractivity contribution in [1.82, 2.24) is 4.98 Å². The van der Waals surface area contributed by atoms with Gasteiger partial charge >= 0.3 is 5.97 Å². The Kier molecular flexibility index (Phi) is 2.70. The van der Waals surface area contributed by atoms with E-state index in [1.54, 1.807) is 12.3 Å². The van der Waals surface area contributed by atoms with Gasteiger partial charge in [0.2, 0.25) is 0 Å². The first-order valence-corrected chi connectivity index (χ1v) is 6.31. The Balaban J connectivity index is 1.91. The highest BCUT2D eigenvalue weighted by Gasteiger charge is 2.40. The van der Waals surface area contributed by atoms with Gasteiger partial charge in [-0.05, 0) is 37.8 Å². The minimum Gasteiger partial charge on any atom is -0.477 e. The lowest BCUT2D eigenvalue weighted by atomic mass is 9.99. The van der Waals surface area contributed by atoms with Gasteiger partial charge in [0, 0.05) is 24.0 Å². The molecule has 2 fully saturated rings. The molecule has 0 aliphatic carbocycles. The number of aliphatic hydroxyl groups is 1. The molecule has 2 bridgehead atoms. The summed E-state index contributed by atoms with van der Waals surface area (Å²) in [6, 6.07) is 4.16. The monoisotopic (exact) mass is 248 g/mol. The second-order valence-corrected chi connectivity index (χ2v) is 5.12. The number of carboxylic acid groups (broad SMARTS) is 1. The zero-order valence-electron chi connectivity index (χ0n) is 9.99. The SMILES string of the molecule is O=C(O)c1cc(N2C3CCC2CC(O)C3)ccn1. The molecule has 0 amide bonds. The van der Waals surface area contributed by atoms with Crippen LogP contribution >= 0.6 is 0 Å². The lowest BCUT2D eigenvalue weighted by Crippen LogP contribution is -2.44. The van der Waals surface area contributed by atoms with Crippen LogP contribution in [0.4, 0.5) is 5.69 Å². The van der Waals surface area contributed by atoms with E-state index in [2.05, 4.69) is 9.88 Å². The van der Waals surface area contributed by atoms with Crippen LogP contribution in [0.5, 0.6) is 0 Å². The molecule has 2 aliphatic heterocycles. The molecule has 0 spiro atoms. The molecule has 2 atom stereocenters. The summed E-state index contributed by atoms with van der Waals surface area (Å²) in [4.78, 5) is 17.1. The van der Waals surface area contributed by atoms with Crippen LogP contribution in [0.1, 0.15) is 36.2 Å². The molecular weight excluding hydrogens is 232 g/mol. The molecule has 0 aromatic carbocycles. The van der Waals surface area contributed by atoms with Gasteiger partial charge in [0.05, 0.1) is 6.10 Å². The standard InChI is InChI=1S/C13H16N2O3/c16-11-5-8-1-2-9(6-11)15(8)10-3-4-14-12(7-10)13(17)18/h3-4,7-9,11,16H,1-2,5-6H2,(H,17,18). The van der Waals surface area contributed by atoms with E-state index in [1.807, 2.05) is 6.07 Å². The second-order valence-electron chi connectivity index (χ2n) is 5.12. The van der Waals surface area contributed by atoms with Crippen LogP contribution < -0.4 is 4.90 Å². The smallest absolute Gasteiger partial charge is 0.354 e. The number of nitrogens with zero attached hydrogens (tertiary/aromatic N) is 2. The van der Waals surface area contributed by atoms with Crippen molar-refractivity contribution >= 4 is 11.7 Å². The van der Waals surface area contributed by atoms with Crippen molar-refractivity contribution in [2.75, 3.05) is 4.90 Å². The summed E-state index contributed by atoms with van der Waals surface area (Å²) in [5.41, 5.74) is 1.000. The minimum absolute atomic E-state index is 0.0815. The fourth-order valence-electron chi connectivity index (χ4n) is 3.27. The molecule has 2 N–H and O–H groups in total. The third-order valence-corrected chi connectivity index (χ3v) is 3.97. The molecule has 3 rings (SSSR count). The summed E-state index contributed by atoms with van der Waals surface area (Å²) < 4.78 is 0. The Hall–Kier alpha value is -1.62. The second kappa shape index (κ2) is 4.24. The van der Waals surface area contributed by atoms with Gasteiger partial charge in [0.15, 0.2) is 0 Å². The molecule has 1 aromatic rings. The number of rotatable bonds is 2. The van der Waals surface area contributed by atoms with E-state index < -0.39 is 5.97 Å². The Labute approximate surface area is 105 Å². The zero-order chi connectivity index (χ0) is 12.7. The van der Waals surface area contributed by atoms with Crippen LogP contribution in [0.25, 0.3) is 0 Å². The van der Waals surface area contributed by atoms with Gasteiger partial charge in [-0.2, -0.15) is 0 Å². The van der Waals surface area contributed by atoms with E-state index in [9.17, 15) is 9.90 Å². The highest BCUT2D eigenvalue weighted by Crippen LogP contribution is 2.39. The topological polar surface area (TPSA) is 73.7 Å². The van der Waals surface area contributed by atoms with Crippen molar-refractivity contribution < 1.29 is 15.0 Å². The molecule has 2 aliphatic rings. The predicted molar refractivity (Wildman–Crippen MR) is 65.7 cm³/mol. The fourth-order valence-corrected chi connectivity index (χ4v) is 3.27. The first-order chi connectivity index (χ1) is 8.65. The average molecular weight is 248 g/mol. The minimum atomic E-state index is -0.999. The highest BCUT2D eigenvalue weighted by atomic mass is 16.4. The number of hydrogen-bond acceptors (Lipinski definition) is 4. The third-order valence-electron chi connectivity index (χ3n) is 3.97. The van der Waals surface area contributed by atoms with Crippen LogP contribution in [-0.2, 0) is 0 Å². The summed E-state index contributed by atoms with van der Waals surface area (Å²) in [7, 11) is 0. The van der Waals surface area contributed by atoms with Gasteiger partial charge in [0.1, 0.15) is 5.69 Å². The van der Waals surface area contributed by atoms with Gasteiger partial charge < -0.3 is 15.1 Å². The molecule has 5 heteroatoms. The van der Waals surface area contributed by atoms with Crippen molar-refractivity contribution in [3.8, 4) is 0 Å². The van der Waals surface area contributed by atoms with Gasteiger partial charge in [-0.25, -0.2) is 9.78 Å². The first-order valence-electron chi connectivity index (χ1n) is 6.31. The molecular formula is C13H16N2O3. The van der Waals surface area contributed by atoms with E-state index in [0.717, 1.165) is 31.4 Å². The van der Waals surface area contributed by atoms with Crippen LogP contribution in [0.2, 0.25) is 0 Å². The number of aromatic carboxylic acids is 1. The Morgan fingerprint density at radius 3 is 2.61 bits per heavy atom. The van der Waals surface area contributed by atoms with E-state index in [1.165, 1.54) is 0 Å². The average Bonchev–Trinajstić information content (AvgIpc) is 2.62. The van der Waals surface area contributed by atoms with Gasteiger partial charge in [-0.1, -0.05) is 0 Å². The third kappa shape index (κ3) is 1.84. The summed E-state index contributed by atoms with van der Waals surface area (Å²) in [5.74, 6) is -0.999. The number of anilines is 1. The number of aromatic nitrogens is 1. The molecule has 5 nitrogen and oxygen atoms in total. The number of aliphatic hydroxyl groups excluding tert-OH is 1. The Bertz CT molecular complexity index is 463. The van der Waals surface area contributed by atoms with Crippen molar-refractivity contribution in [2.24, 2.45) is 0 Å². The molecule has 0 saturated carbocycles. The van der Waals surface area contributed by atoms with Crippen molar-refractivity contribution in [1.29, 1.82) is 0 Å². The van der Waals surface area contributed by atoms with E-state index >= 15 is 0 Å². The number of carbonyl (C=O) groups is 1. The van der Waals surface area contributed by atoms with E-state index in [0.29, 0.717) is 12.1 Å². The zero-order valence-corrected chi connectivity index (χ0v) is 9.99. The van der Waals surface area contributed by atoms with Crippen LogP contribution in [0.15, 0.2) is 18.3 Å². The number of hydrogen-bond donors (Lipinski definition) is 2. The first kappa shape index (κ1) is 11.5. The van der Waals surface area contributed by atoms with Crippen molar-refractivity contribution in [3.63, 3.8) is 0 Å². The molecule has 96 valence electrons. The summed E-state index contributed by atoms with van der Waals surface area (Å²) in [6.07, 6.45) is 5.05. The van der Waals surface area contributed by atoms with Gasteiger partial charge in [-0.15, -0.1) is 0 Å². The fraction of sp³-hybridized carbons (Fsp3) is 0.538. The van der Waals surface area contributed by atoms with Gasteiger partial charge in [0.25, 0.3) is 0 Å². The summed E-state index contributed by atoms with van der Waals surface area (Å²) >= 11 is 0. The largest absolute Gasteiger partial charge is 0.477 e. The molecule has 2 unspecified atom stereocenters. The normalized spacial score (nSPS) is 30.5. The van der Waals surface area contributed by atoms with Crippen molar-refractivity contribution in [2.45, 2.75) is 43.9 Å². The predicted octanol–water partition coefficient (Wildman–Crippen LogP) is 1.27. The lowest BCUT2D eigenvalue weighted by Gasteiger charge is -2.39. The number of pyridine rings is 1. The van der Waals surface area contributed by atoms with Crippen LogP contribution in [0.3, 0.4) is 0 Å². The molecule has 3 heterocycles. The molecule has 1 aromatic heterocycles. The number of carboxylic acids is 1. The maximum Gasteiger partial charge on any atom is 0.354 e. The summed E-state index contributed by atoms with van der Waals surface area (Å²) in [6.45, 7) is 0. The number of fused-ring (bicyclic) bond motifs is 2. The molecule has 2 saturated heterocycles. The molecule has 0 radical (unpaired) electrons. The van der Waals surface area contributed by atoms with E-state index in [-0.39, 0.29) is 11.8 Å².